The summed E-state index contributed by atoms with van der Waals surface area (Å²) in [6.07, 6.45) is 0.241. The zero-order valence-electron chi connectivity index (χ0n) is 20.7. The number of hydrogen-bond donors (Lipinski definition) is 1. The molecule has 6 nitrogen and oxygen atoms in total. The van der Waals surface area contributed by atoms with Crippen molar-refractivity contribution in [2.75, 3.05) is 31.1 Å². The fourth-order valence-corrected chi connectivity index (χ4v) is 4.56. The van der Waals surface area contributed by atoms with Crippen LogP contribution in [0.25, 0.3) is 10.8 Å². The van der Waals surface area contributed by atoms with Crippen molar-refractivity contribution in [2.24, 2.45) is 5.92 Å². The van der Waals surface area contributed by atoms with E-state index in [1.807, 2.05) is 85.5 Å². The van der Waals surface area contributed by atoms with Crippen molar-refractivity contribution >= 4 is 34.1 Å². The van der Waals surface area contributed by atoms with E-state index in [1.165, 1.54) is 0 Å². The van der Waals surface area contributed by atoms with Crippen LogP contribution < -0.4 is 10.2 Å². The van der Waals surface area contributed by atoms with E-state index in [4.69, 9.17) is 0 Å². The maximum atomic E-state index is 13.3. The van der Waals surface area contributed by atoms with Gasteiger partial charge in [0.15, 0.2) is 5.78 Å². The smallest absolute Gasteiger partial charge is 0.245 e. The first kappa shape index (κ1) is 24.5. The first-order chi connectivity index (χ1) is 16.8. The molecule has 35 heavy (non-hydrogen) atoms. The molecule has 1 saturated heterocycles. The van der Waals surface area contributed by atoms with Crippen LogP contribution >= 0.6 is 0 Å². The Kier molecular flexibility index (Phi) is 7.49. The van der Waals surface area contributed by atoms with Crippen LogP contribution in [0.3, 0.4) is 0 Å². The van der Waals surface area contributed by atoms with E-state index < -0.39 is 6.04 Å². The number of fused-ring (bicyclic) bond motifs is 1. The SMILES string of the molecule is CC(=O)c1ccc(N2CCN(C(=O)C(NC(=O)Cc3ccc4ccccc4c3)C(C)C)CC2)cc1. The molecule has 6 heteroatoms. The van der Waals surface area contributed by atoms with Crippen molar-refractivity contribution in [2.45, 2.75) is 33.2 Å². The van der Waals surface area contributed by atoms with Gasteiger partial charge in [0.05, 0.1) is 6.42 Å². The minimum absolute atomic E-state index is 0.0137. The Labute approximate surface area is 206 Å². The van der Waals surface area contributed by atoms with Gasteiger partial charge >= 0.3 is 0 Å². The number of piperazine rings is 1. The molecule has 1 aliphatic rings. The molecule has 0 radical (unpaired) electrons. The molecule has 4 rings (SSSR count). The second-order valence-electron chi connectivity index (χ2n) is 9.56. The van der Waals surface area contributed by atoms with Gasteiger partial charge in [-0.15, -0.1) is 0 Å². The van der Waals surface area contributed by atoms with Crippen molar-refractivity contribution in [1.29, 1.82) is 0 Å². The standard InChI is InChI=1S/C29H33N3O3/c1-20(2)28(30-27(34)19-22-8-9-24-6-4-5-7-25(24)18-22)29(35)32-16-14-31(15-17-32)26-12-10-23(11-13-26)21(3)33/h4-13,18,20,28H,14-17,19H2,1-3H3,(H,30,34). The number of amides is 2. The van der Waals surface area contributed by atoms with Gasteiger partial charge in [0.2, 0.25) is 11.8 Å². The van der Waals surface area contributed by atoms with Crippen LogP contribution in [-0.4, -0.2) is 54.7 Å². The molecule has 1 aliphatic heterocycles. The summed E-state index contributed by atoms with van der Waals surface area (Å²) in [5.74, 6) is -0.135. The van der Waals surface area contributed by atoms with E-state index in [9.17, 15) is 14.4 Å². The van der Waals surface area contributed by atoms with Crippen LogP contribution in [0.5, 0.6) is 0 Å². The van der Waals surface area contributed by atoms with E-state index in [-0.39, 0.29) is 29.9 Å². The quantitative estimate of drug-likeness (QED) is 0.528. The molecule has 182 valence electrons. The van der Waals surface area contributed by atoms with Gasteiger partial charge in [-0.1, -0.05) is 56.3 Å². The van der Waals surface area contributed by atoms with Crippen molar-refractivity contribution in [3.05, 3.63) is 77.9 Å². The van der Waals surface area contributed by atoms with Crippen LogP contribution in [0.4, 0.5) is 5.69 Å². The third-order valence-electron chi connectivity index (χ3n) is 6.66. The summed E-state index contributed by atoms with van der Waals surface area (Å²) < 4.78 is 0. The van der Waals surface area contributed by atoms with Crippen LogP contribution in [-0.2, 0) is 16.0 Å². The molecular weight excluding hydrogens is 438 g/mol. The summed E-state index contributed by atoms with van der Waals surface area (Å²) in [5.41, 5.74) is 2.67. The minimum Gasteiger partial charge on any atom is -0.368 e. The van der Waals surface area contributed by atoms with Crippen molar-refractivity contribution in [1.82, 2.24) is 10.2 Å². The van der Waals surface area contributed by atoms with E-state index in [1.54, 1.807) is 6.92 Å². The third-order valence-corrected chi connectivity index (χ3v) is 6.66. The first-order valence-electron chi connectivity index (χ1n) is 12.2. The number of anilines is 1. The Morgan fingerprint density at radius 2 is 1.51 bits per heavy atom. The first-order valence-corrected chi connectivity index (χ1v) is 12.2. The number of Topliss-reactive ketones (excluding diaryl/α,β-unsaturated/α-hetero) is 1. The Balaban J connectivity index is 1.34. The number of rotatable bonds is 7. The fraction of sp³-hybridized carbons (Fsp3) is 0.345. The van der Waals surface area contributed by atoms with E-state index >= 15 is 0 Å². The lowest BCUT2D eigenvalue weighted by molar-refractivity contribution is -0.137. The lowest BCUT2D eigenvalue weighted by Gasteiger charge is -2.38. The van der Waals surface area contributed by atoms with Gasteiger partial charge in [-0.2, -0.15) is 0 Å². The molecule has 1 N–H and O–H groups in total. The number of nitrogens with zero attached hydrogens (tertiary/aromatic N) is 2. The second-order valence-corrected chi connectivity index (χ2v) is 9.56. The molecule has 1 atom stereocenters. The molecule has 2 amide bonds. The predicted molar refractivity (Wildman–Crippen MR) is 140 cm³/mol. The molecule has 0 saturated carbocycles. The van der Waals surface area contributed by atoms with Gasteiger partial charge < -0.3 is 15.1 Å². The summed E-state index contributed by atoms with van der Waals surface area (Å²) in [6.45, 7) is 8.10. The van der Waals surface area contributed by atoms with Gasteiger partial charge in [-0.3, -0.25) is 14.4 Å². The van der Waals surface area contributed by atoms with Crippen LogP contribution in [0.15, 0.2) is 66.7 Å². The average Bonchev–Trinajstić information content (AvgIpc) is 2.87. The Hall–Kier alpha value is -3.67. The highest BCUT2D eigenvalue weighted by Crippen LogP contribution is 2.19. The molecule has 1 fully saturated rings. The minimum atomic E-state index is -0.552. The zero-order chi connectivity index (χ0) is 24.9. The molecule has 0 bridgehead atoms. The lowest BCUT2D eigenvalue weighted by atomic mass is 10.0. The molecule has 0 aliphatic carbocycles. The summed E-state index contributed by atoms with van der Waals surface area (Å²) in [7, 11) is 0. The van der Waals surface area contributed by atoms with E-state index in [0.717, 1.165) is 22.0 Å². The van der Waals surface area contributed by atoms with Gasteiger partial charge in [0.25, 0.3) is 0 Å². The zero-order valence-corrected chi connectivity index (χ0v) is 20.7. The predicted octanol–water partition coefficient (Wildman–Crippen LogP) is 4.07. The molecular formula is C29H33N3O3. The molecule has 1 unspecified atom stereocenters. The van der Waals surface area contributed by atoms with Crippen LogP contribution in [0.1, 0.15) is 36.7 Å². The monoisotopic (exact) mass is 471 g/mol. The third kappa shape index (κ3) is 5.88. The van der Waals surface area contributed by atoms with Gasteiger partial charge in [-0.05, 0) is 53.4 Å². The van der Waals surface area contributed by atoms with Crippen molar-refractivity contribution in [3.8, 4) is 0 Å². The Morgan fingerprint density at radius 3 is 2.14 bits per heavy atom. The summed E-state index contributed by atoms with van der Waals surface area (Å²) in [6, 6.07) is 21.1. The Bertz CT molecular complexity index is 1210. The van der Waals surface area contributed by atoms with Crippen LogP contribution in [0, 0.1) is 5.92 Å². The number of carbonyl (C=O) groups is 3. The number of nitrogens with one attached hydrogen (secondary N) is 1. The number of ketones is 1. The van der Waals surface area contributed by atoms with Crippen molar-refractivity contribution < 1.29 is 14.4 Å². The van der Waals surface area contributed by atoms with Crippen LogP contribution in [0.2, 0.25) is 0 Å². The second kappa shape index (κ2) is 10.7. The fourth-order valence-electron chi connectivity index (χ4n) is 4.56. The summed E-state index contributed by atoms with van der Waals surface area (Å²) in [4.78, 5) is 41.7. The van der Waals surface area contributed by atoms with Crippen molar-refractivity contribution in [3.63, 3.8) is 0 Å². The van der Waals surface area contributed by atoms with E-state index in [0.29, 0.717) is 31.7 Å². The lowest BCUT2D eigenvalue weighted by Crippen LogP contribution is -2.56. The maximum absolute atomic E-state index is 13.3. The summed E-state index contributed by atoms with van der Waals surface area (Å²) >= 11 is 0. The highest BCUT2D eigenvalue weighted by Gasteiger charge is 2.30. The molecule has 3 aromatic carbocycles. The van der Waals surface area contributed by atoms with Gasteiger partial charge in [0.1, 0.15) is 6.04 Å². The number of carbonyl (C=O) groups excluding carboxylic acids is 3. The largest absolute Gasteiger partial charge is 0.368 e. The highest BCUT2D eigenvalue weighted by atomic mass is 16.2. The molecule has 1 heterocycles. The molecule has 0 aromatic heterocycles. The van der Waals surface area contributed by atoms with E-state index in [2.05, 4.69) is 10.2 Å². The molecule has 0 spiro atoms. The maximum Gasteiger partial charge on any atom is 0.245 e. The summed E-state index contributed by atoms with van der Waals surface area (Å²) in [5, 5.41) is 5.23. The van der Waals surface area contributed by atoms with Gasteiger partial charge in [-0.25, -0.2) is 0 Å². The van der Waals surface area contributed by atoms with Gasteiger partial charge in [0, 0.05) is 37.4 Å². The number of hydrogen-bond acceptors (Lipinski definition) is 4. The normalized spacial score (nSPS) is 14.7. The highest BCUT2D eigenvalue weighted by molar-refractivity contribution is 5.94. The topological polar surface area (TPSA) is 69.7 Å². The number of benzene rings is 3. The molecule has 3 aromatic rings. The average molecular weight is 472 g/mol. The Morgan fingerprint density at radius 1 is 0.857 bits per heavy atom.